The maximum atomic E-state index is 12.4. The summed E-state index contributed by atoms with van der Waals surface area (Å²) in [5, 5.41) is 49.1. The number of hydrogen-bond donors (Lipinski definition) is 6. The summed E-state index contributed by atoms with van der Waals surface area (Å²) >= 11 is 0. The molecule has 1 fully saturated rings. The van der Waals surface area contributed by atoms with Crippen LogP contribution < -0.4 is 0 Å². The average Bonchev–Trinajstić information content (AvgIpc) is 2.96. The summed E-state index contributed by atoms with van der Waals surface area (Å²) in [6.45, 7) is 1.91. The van der Waals surface area contributed by atoms with E-state index in [0.29, 0.717) is 6.42 Å². The van der Waals surface area contributed by atoms with E-state index < -0.39 is 75.7 Å². The van der Waals surface area contributed by atoms with E-state index in [1.165, 1.54) is 0 Å². The number of hydrogen-bond acceptors (Lipinski definition) is 12. The minimum Gasteiger partial charge on any atom is -0.462 e. The Hall–Kier alpha value is -2.45. The molecule has 0 amide bonds. The molecule has 0 aliphatic heterocycles. The van der Waals surface area contributed by atoms with E-state index in [4.69, 9.17) is 18.5 Å². The van der Waals surface area contributed by atoms with Gasteiger partial charge in [-0.15, -0.1) is 0 Å². The number of rotatable bonds is 19. The van der Waals surface area contributed by atoms with Gasteiger partial charge in [-0.1, -0.05) is 67.7 Å². The van der Waals surface area contributed by atoms with E-state index in [0.717, 1.165) is 32.6 Å². The Kier molecular flexibility index (Phi) is 19.1. The SMILES string of the molecule is CC/C=C\C/C=C\C/C=C\C/C=C\C/C=C\CC(=O)OC(COC(C)=O)COP(=O)(O)OC1C(O)C(O)C(O)C(O)C1O. The van der Waals surface area contributed by atoms with Crippen LogP contribution in [-0.4, -0.2) is 98.3 Å². The number of aliphatic hydroxyl groups excluding tert-OH is 5. The normalized spacial score (nSPS) is 27.0. The van der Waals surface area contributed by atoms with Crippen molar-refractivity contribution >= 4 is 19.8 Å². The van der Waals surface area contributed by atoms with Gasteiger partial charge in [-0.2, -0.15) is 0 Å². The van der Waals surface area contributed by atoms with Crippen LogP contribution in [-0.2, 0) is 32.7 Å². The number of phosphoric acid groups is 1. The number of aliphatic hydroxyl groups is 5. The first kappa shape index (κ1) is 38.6. The van der Waals surface area contributed by atoms with Crippen molar-refractivity contribution in [2.24, 2.45) is 0 Å². The van der Waals surface area contributed by atoms with Crippen molar-refractivity contribution in [3.8, 4) is 0 Å². The molecule has 0 saturated heterocycles. The van der Waals surface area contributed by atoms with Crippen molar-refractivity contribution in [1.82, 2.24) is 0 Å². The molecule has 1 aliphatic carbocycles. The number of allylic oxidation sites excluding steroid dienone is 9. The van der Waals surface area contributed by atoms with Gasteiger partial charge >= 0.3 is 19.8 Å². The third-order valence-electron chi connectivity index (χ3n) is 5.96. The summed E-state index contributed by atoms with van der Waals surface area (Å²) in [4.78, 5) is 33.5. The third-order valence-corrected chi connectivity index (χ3v) is 6.95. The Morgan fingerprint density at radius 2 is 1.16 bits per heavy atom. The lowest BCUT2D eigenvalue weighted by Crippen LogP contribution is -2.64. The zero-order valence-electron chi connectivity index (χ0n) is 24.5. The van der Waals surface area contributed by atoms with Gasteiger partial charge in [0.1, 0.15) is 43.2 Å². The number of carbonyl (C=O) groups is 2. The zero-order chi connectivity index (χ0) is 32.3. The standard InChI is InChI=1S/C29H45O13P/c1-3-4-5-6-7-8-9-10-11-12-13-14-15-16-17-18-23(31)41-22(19-39-21(2)30)20-40-43(37,38)42-29-27(35)25(33)24(32)26(34)28(29)36/h4-5,7-8,10-11,13-14,16-17,22,24-29,32-36H,3,6,9,12,15,18-20H2,1-2H3,(H,37,38)/b5-4-,8-7-,11-10-,14-13-,17-16-. The van der Waals surface area contributed by atoms with E-state index in [9.17, 15) is 44.6 Å². The number of esters is 2. The lowest BCUT2D eigenvalue weighted by molar-refractivity contribution is -0.220. The van der Waals surface area contributed by atoms with Crippen LogP contribution in [0.25, 0.3) is 0 Å². The van der Waals surface area contributed by atoms with Crippen LogP contribution in [0.4, 0.5) is 0 Å². The molecule has 0 aromatic carbocycles. The molecule has 1 rings (SSSR count). The van der Waals surface area contributed by atoms with Crippen LogP contribution in [0.2, 0.25) is 0 Å². The van der Waals surface area contributed by atoms with Gasteiger partial charge in [-0.05, 0) is 32.1 Å². The molecule has 14 heteroatoms. The van der Waals surface area contributed by atoms with Crippen LogP contribution >= 0.6 is 7.82 Å². The predicted octanol–water partition coefficient (Wildman–Crippen LogP) is 1.92. The first-order valence-corrected chi connectivity index (χ1v) is 15.5. The third kappa shape index (κ3) is 16.3. The molecule has 6 N–H and O–H groups in total. The molecule has 6 unspecified atom stereocenters. The maximum Gasteiger partial charge on any atom is 0.472 e. The van der Waals surface area contributed by atoms with E-state index >= 15 is 0 Å². The zero-order valence-corrected chi connectivity index (χ0v) is 25.4. The average molecular weight is 633 g/mol. The Bertz CT molecular complexity index is 1010. The summed E-state index contributed by atoms with van der Waals surface area (Å²) in [6.07, 6.45) is 10.6. The number of carbonyl (C=O) groups excluding carboxylic acids is 2. The van der Waals surface area contributed by atoms with Crippen molar-refractivity contribution in [2.45, 2.75) is 95.1 Å². The van der Waals surface area contributed by atoms with Crippen molar-refractivity contribution in [2.75, 3.05) is 13.2 Å². The first-order valence-electron chi connectivity index (χ1n) is 14.0. The van der Waals surface area contributed by atoms with Crippen LogP contribution in [0.3, 0.4) is 0 Å². The lowest BCUT2D eigenvalue weighted by atomic mass is 9.85. The second-order valence-corrected chi connectivity index (χ2v) is 11.0. The Morgan fingerprint density at radius 3 is 1.63 bits per heavy atom. The van der Waals surface area contributed by atoms with Crippen molar-refractivity contribution in [1.29, 1.82) is 0 Å². The molecule has 0 aromatic rings. The van der Waals surface area contributed by atoms with Crippen LogP contribution in [0, 0.1) is 0 Å². The van der Waals surface area contributed by atoms with Crippen LogP contribution in [0.5, 0.6) is 0 Å². The summed E-state index contributed by atoms with van der Waals surface area (Å²) < 4.78 is 31.9. The smallest absolute Gasteiger partial charge is 0.462 e. The molecule has 0 radical (unpaired) electrons. The summed E-state index contributed by atoms with van der Waals surface area (Å²) in [5.41, 5.74) is 0. The second kappa shape index (κ2) is 21.3. The van der Waals surface area contributed by atoms with Crippen LogP contribution in [0.1, 0.15) is 52.4 Å². The van der Waals surface area contributed by atoms with E-state index in [2.05, 4.69) is 43.4 Å². The molecule has 0 heterocycles. The quantitative estimate of drug-likeness (QED) is 0.0684. The molecule has 13 nitrogen and oxygen atoms in total. The van der Waals surface area contributed by atoms with Crippen molar-refractivity contribution in [3.63, 3.8) is 0 Å². The van der Waals surface area contributed by atoms with Gasteiger partial charge in [0.15, 0.2) is 6.10 Å². The van der Waals surface area contributed by atoms with Gasteiger partial charge in [0.2, 0.25) is 0 Å². The van der Waals surface area contributed by atoms with Crippen LogP contribution in [0.15, 0.2) is 60.8 Å². The van der Waals surface area contributed by atoms with E-state index in [1.807, 2.05) is 12.2 Å². The summed E-state index contributed by atoms with van der Waals surface area (Å²) in [7, 11) is -5.09. The molecule has 244 valence electrons. The molecular formula is C29H45O13P. The fraction of sp³-hybridized carbons (Fsp3) is 0.586. The lowest BCUT2D eigenvalue weighted by Gasteiger charge is -2.41. The Morgan fingerprint density at radius 1 is 0.721 bits per heavy atom. The molecule has 1 aliphatic rings. The molecule has 1 saturated carbocycles. The van der Waals surface area contributed by atoms with E-state index in [1.54, 1.807) is 12.2 Å². The maximum absolute atomic E-state index is 12.4. The second-order valence-electron chi connectivity index (χ2n) is 9.61. The van der Waals surface area contributed by atoms with Gasteiger partial charge in [0, 0.05) is 6.92 Å². The van der Waals surface area contributed by atoms with Gasteiger partial charge in [0.25, 0.3) is 0 Å². The highest BCUT2D eigenvalue weighted by Crippen LogP contribution is 2.47. The van der Waals surface area contributed by atoms with E-state index in [-0.39, 0.29) is 6.42 Å². The molecule has 43 heavy (non-hydrogen) atoms. The number of phosphoric ester groups is 1. The number of ether oxygens (including phenoxy) is 2. The molecule has 0 aromatic heterocycles. The topological polar surface area (TPSA) is 210 Å². The highest BCUT2D eigenvalue weighted by molar-refractivity contribution is 7.47. The fourth-order valence-electron chi connectivity index (χ4n) is 3.67. The first-order chi connectivity index (χ1) is 20.4. The van der Waals surface area contributed by atoms with Gasteiger partial charge in [-0.3, -0.25) is 18.6 Å². The van der Waals surface area contributed by atoms with Crippen molar-refractivity contribution < 1.29 is 63.1 Å². The Balaban J connectivity index is 2.50. The highest BCUT2D eigenvalue weighted by Gasteiger charge is 2.51. The molecular weight excluding hydrogens is 587 g/mol. The minimum absolute atomic E-state index is 0.143. The van der Waals surface area contributed by atoms with Crippen molar-refractivity contribution in [3.05, 3.63) is 60.8 Å². The van der Waals surface area contributed by atoms with Gasteiger partial charge < -0.3 is 39.9 Å². The molecule has 0 spiro atoms. The predicted molar refractivity (Wildman–Crippen MR) is 156 cm³/mol. The van der Waals surface area contributed by atoms with Gasteiger partial charge in [0.05, 0.1) is 13.0 Å². The van der Waals surface area contributed by atoms with Gasteiger partial charge in [-0.25, -0.2) is 4.57 Å². The summed E-state index contributed by atoms with van der Waals surface area (Å²) in [6, 6.07) is 0. The fourth-order valence-corrected chi connectivity index (χ4v) is 4.65. The summed E-state index contributed by atoms with van der Waals surface area (Å²) in [5.74, 6) is -1.45. The highest BCUT2D eigenvalue weighted by atomic mass is 31.2. The molecule has 6 atom stereocenters. The monoisotopic (exact) mass is 632 g/mol. The minimum atomic E-state index is -5.09. The Labute approximate surface area is 252 Å². The largest absolute Gasteiger partial charge is 0.472 e. The molecule has 0 bridgehead atoms.